The maximum atomic E-state index is 13.1. The Morgan fingerprint density at radius 1 is 1.35 bits per heavy atom. The Labute approximate surface area is 107 Å². The molecule has 88 valence electrons. The van der Waals surface area contributed by atoms with E-state index in [-0.39, 0.29) is 5.82 Å². The zero-order valence-electron chi connectivity index (χ0n) is 9.19. The molecule has 0 saturated heterocycles. The molecule has 0 amide bonds. The zero-order chi connectivity index (χ0) is 12.4. The van der Waals surface area contributed by atoms with Crippen molar-refractivity contribution in [3.63, 3.8) is 0 Å². The van der Waals surface area contributed by atoms with Gasteiger partial charge in [-0.05, 0) is 40.2 Å². The Morgan fingerprint density at radius 3 is 2.76 bits per heavy atom. The van der Waals surface area contributed by atoms with E-state index in [1.54, 1.807) is 36.3 Å². The third-order valence-corrected chi connectivity index (χ3v) is 2.81. The number of nitrogen functional groups attached to an aromatic ring is 1. The fourth-order valence-corrected chi connectivity index (χ4v) is 1.88. The molecule has 0 aliphatic rings. The molecule has 0 fully saturated rings. The maximum Gasteiger partial charge on any atom is 0.156 e. The first-order chi connectivity index (χ1) is 8.08. The summed E-state index contributed by atoms with van der Waals surface area (Å²) < 4.78 is 13.9. The van der Waals surface area contributed by atoms with Crippen LogP contribution in [0.15, 0.2) is 41.0 Å². The second-order valence-corrected chi connectivity index (χ2v) is 4.52. The first kappa shape index (κ1) is 11.9. The molecule has 2 N–H and O–H groups in total. The van der Waals surface area contributed by atoms with Gasteiger partial charge in [0.1, 0.15) is 5.82 Å². The Bertz CT molecular complexity index is 545. The number of nitrogens with zero attached hydrogens (tertiary/aromatic N) is 2. The highest BCUT2D eigenvalue weighted by atomic mass is 79.9. The summed E-state index contributed by atoms with van der Waals surface area (Å²) >= 11 is 3.29. The minimum atomic E-state index is -0.287. The van der Waals surface area contributed by atoms with Crippen molar-refractivity contribution in [2.45, 2.75) is 0 Å². The normalized spacial score (nSPS) is 10.3. The highest BCUT2D eigenvalue weighted by Crippen LogP contribution is 2.28. The molecule has 0 spiro atoms. The van der Waals surface area contributed by atoms with Crippen LogP contribution >= 0.6 is 15.9 Å². The van der Waals surface area contributed by atoms with Gasteiger partial charge >= 0.3 is 0 Å². The topological polar surface area (TPSA) is 42.2 Å². The Morgan fingerprint density at radius 2 is 2.12 bits per heavy atom. The lowest BCUT2D eigenvalue weighted by Gasteiger charge is -2.19. The SMILES string of the molecule is CN(c1cccc(F)c1)c1ncc(Br)cc1N. The largest absolute Gasteiger partial charge is 0.396 e. The number of pyridine rings is 1. The van der Waals surface area contributed by atoms with Crippen LogP contribution in [0, 0.1) is 5.82 Å². The fraction of sp³-hybridized carbons (Fsp3) is 0.0833. The van der Waals surface area contributed by atoms with Crippen molar-refractivity contribution in [2.75, 3.05) is 17.7 Å². The molecule has 0 aliphatic carbocycles. The molecular formula is C12H11BrFN3. The molecular weight excluding hydrogens is 285 g/mol. The van der Waals surface area contributed by atoms with Crippen LogP contribution in [-0.2, 0) is 0 Å². The van der Waals surface area contributed by atoms with Crippen molar-refractivity contribution >= 4 is 33.1 Å². The highest BCUT2D eigenvalue weighted by Gasteiger charge is 2.09. The first-order valence-electron chi connectivity index (χ1n) is 4.98. The van der Waals surface area contributed by atoms with Gasteiger partial charge in [0, 0.05) is 23.4 Å². The smallest absolute Gasteiger partial charge is 0.156 e. The van der Waals surface area contributed by atoms with Gasteiger partial charge in [0.2, 0.25) is 0 Å². The summed E-state index contributed by atoms with van der Waals surface area (Å²) in [4.78, 5) is 5.96. The quantitative estimate of drug-likeness (QED) is 0.924. The lowest BCUT2D eigenvalue weighted by Crippen LogP contribution is -2.13. The number of anilines is 3. The number of rotatable bonds is 2. The van der Waals surface area contributed by atoms with Gasteiger partial charge in [-0.3, -0.25) is 0 Å². The summed E-state index contributed by atoms with van der Waals surface area (Å²) in [7, 11) is 1.79. The summed E-state index contributed by atoms with van der Waals surface area (Å²) in [5, 5.41) is 0. The van der Waals surface area contributed by atoms with E-state index in [9.17, 15) is 4.39 Å². The van der Waals surface area contributed by atoms with Crippen LogP contribution in [0.5, 0.6) is 0 Å². The molecule has 1 aromatic carbocycles. The summed E-state index contributed by atoms with van der Waals surface area (Å²) in [6.07, 6.45) is 1.65. The number of aromatic nitrogens is 1. The molecule has 17 heavy (non-hydrogen) atoms. The Kier molecular flexibility index (Phi) is 3.28. The molecule has 0 unspecified atom stereocenters. The predicted molar refractivity (Wildman–Crippen MR) is 70.8 cm³/mol. The molecule has 0 atom stereocenters. The van der Waals surface area contributed by atoms with Crippen LogP contribution in [0.3, 0.4) is 0 Å². The van der Waals surface area contributed by atoms with Crippen LogP contribution in [-0.4, -0.2) is 12.0 Å². The summed E-state index contributed by atoms with van der Waals surface area (Å²) in [5.41, 5.74) is 7.10. The van der Waals surface area contributed by atoms with E-state index in [1.807, 2.05) is 0 Å². The van der Waals surface area contributed by atoms with Crippen LogP contribution in [0.4, 0.5) is 21.6 Å². The van der Waals surface area contributed by atoms with Crippen molar-refractivity contribution in [1.29, 1.82) is 0 Å². The second kappa shape index (κ2) is 4.71. The Balaban J connectivity index is 2.40. The lowest BCUT2D eigenvalue weighted by atomic mass is 10.2. The van der Waals surface area contributed by atoms with Crippen LogP contribution in [0.2, 0.25) is 0 Å². The van der Waals surface area contributed by atoms with Gasteiger partial charge in [-0.2, -0.15) is 0 Å². The summed E-state index contributed by atoms with van der Waals surface area (Å²) in [6, 6.07) is 8.04. The number of benzene rings is 1. The average Bonchev–Trinajstić information content (AvgIpc) is 2.28. The van der Waals surface area contributed by atoms with Crippen molar-refractivity contribution in [1.82, 2.24) is 4.98 Å². The van der Waals surface area contributed by atoms with E-state index in [0.29, 0.717) is 17.2 Å². The van der Waals surface area contributed by atoms with Crippen molar-refractivity contribution < 1.29 is 4.39 Å². The molecule has 0 bridgehead atoms. The predicted octanol–water partition coefficient (Wildman–Crippen LogP) is 3.33. The van der Waals surface area contributed by atoms with Gasteiger partial charge in [0.25, 0.3) is 0 Å². The monoisotopic (exact) mass is 295 g/mol. The zero-order valence-corrected chi connectivity index (χ0v) is 10.8. The molecule has 1 heterocycles. The molecule has 5 heteroatoms. The van der Waals surface area contributed by atoms with Gasteiger partial charge in [-0.1, -0.05) is 6.07 Å². The van der Waals surface area contributed by atoms with Gasteiger partial charge in [0.15, 0.2) is 5.82 Å². The average molecular weight is 296 g/mol. The standard InChI is InChI=1S/C12H11BrFN3/c1-17(10-4-2-3-9(14)6-10)12-11(15)5-8(13)7-16-12/h2-7H,15H2,1H3. The Hall–Kier alpha value is -1.62. The van der Waals surface area contributed by atoms with E-state index in [0.717, 1.165) is 4.47 Å². The summed E-state index contributed by atoms with van der Waals surface area (Å²) in [6.45, 7) is 0. The van der Waals surface area contributed by atoms with Gasteiger partial charge < -0.3 is 10.6 Å². The lowest BCUT2D eigenvalue weighted by molar-refractivity contribution is 0.628. The van der Waals surface area contributed by atoms with Gasteiger partial charge in [-0.15, -0.1) is 0 Å². The minimum absolute atomic E-state index is 0.287. The minimum Gasteiger partial charge on any atom is -0.396 e. The molecule has 1 aromatic heterocycles. The van der Waals surface area contributed by atoms with Crippen LogP contribution in [0.1, 0.15) is 0 Å². The first-order valence-corrected chi connectivity index (χ1v) is 5.77. The summed E-state index contributed by atoms with van der Waals surface area (Å²) in [5.74, 6) is 0.309. The molecule has 3 nitrogen and oxygen atoms in total. The van der Waals surface area contributed by atoms with Crippen LogP contribution < -0.4 is 10.6 Å². The number of hydrogen-bond donors (Lipinski definition) is 1. The van der Waals surface area contributed by atoms with Crippen molar-refractivity contribution in [2.24, 2.45) is 0 Å². The van der Waals surface area contributed by atoms with E-state index in [2.05, 4.69) is 20.9 Å². The maximum absolute atomic E-state index is 13.1. The van der Waals surface area contributed by atoms with Crippen molar-refractivity contribution in [3.8, 4) is 0 Å². The molecule has 0 radical (unpaired) electrons. The van der Waals surface area contributed by atoms with Crippen molar-refractivity contribution in [3.05, 3.63) is 46.8 Å². The highest BCUT2D eigenvalue weighted by molar-refractivity contribution is 9.10. The third kappa shape index (κ3) is 2.55. The van der Waals surface area contributed by atoms with Gasteiger partial charge in [0.05, 0.1) is 5.69 Å². The molecule has 0 aliphatic heterocycles. The molecule has 0 saturated carbocycles. The van der Waals surface area contributed by atoms with E-state index < -0.39 is 0 Å². The van der Waals surface area contributed by atoms with Crippen LogP contribution in [0.25, 0.3) is 0 Å². The number of halogens is 2. The van der Waals surface area contributed by atoms with E-state index in [4.69, 9.17) is 5.73 Å². The number of nitrogens with two attached hydrogens (primary N) is 1. The molecule has 2 aromatic rings. The number of hydrogen-bond acceptors (Lipinski definition) is 3. The van der Waals surface area contributed by atoms with E-state index in [1.165, 1.54) is 12.1 Å². The second-order valence-electron chi connectivity index (χ2n) is 3.61. The van der Waals surface area contributed by atoms with Gasteiger partial charge in [-0.25, -0.2) is 9.37 Å². The van der Waals surface area contributed by atoms with E-state index >= 15 is 0 Å². The third-order valence-electron chi connectivity index (χ3n) is 2.37. The fourth-order valence-electron chi connectivity index (χ4n) is 1.54. The molecule has 2 rings (SSSR count).